The number of hydrogen-bond acceptors (Lipinski definition) is 2. The fourth-order valence-electron chi connectivity index (χ4n) is 3.00. The first-order valence-electron chi connectivity index (χ1n) is 7.97. The molecule has 1 saturated carbocycles. The molecular formula is C19H17F2NO3. The molecule has 0 bridgehead atoms. The minimum atomic E-state index is -1.02. The van der Waals surface area contributed by atoms with Crippen molar-refractivity contribution in [1.29, 1.82) is 0 Å². The molecule has 1 fully saturated rings. The number of benzene rings is 2. The van der Waals surface area contributed by atoms with Gasteiger partial charge in [0, 0.05) is 18.5 Å². The molecule has 0 heterocycles. The second kappa shape index (κ2) is 7.01. The number of halogens is 2. The third-order valence-corrected chi connectivity index (χ3v) is 4.47. The Morgan fingerprint density at radius 2 is 1.88 bits per heavy atom. The fraction of sp³-hybridized carbons (Fsp3) is 0.263. The zero-order chi connectivity index (χ0) is 18.0. The summed E-state index contributed by atoms with van der Waals surface area (Å²) in [6.45, 7) is -0.0344. The topological polar surface area (TPSA) is 66.4 Å². The quantitative estimate of drug-likeness (QED) is 0.846. The van der Waals surface area contributed by atoms with E-state index in [0.717, 1.165) is 6.07 Å². The standard InChI is InChI=1S/C19H17F2NO3/c20-12-6-7-13(17(21)8-12)14-9-15(14)18(23)22-10-16(19(24)25)11-4-2-1-3-5-11/h1-8,14-16H,9-10H2,(H,22,23)(H,24,25). The van der Waals surface area contributed by atoms with Crippen molar-refractivity contribution in [3.8, 4) is 0 Å². The van der Waals surface area contributed by atoms with Gasteiger partial charge in [-0.15, -0.1) is 0 Å². The summed E-state index contributed by atoms with van der Waals surface area (Å²) in [5, 5.41) is 12.0. The second-order valence-electron chi connectivity index (χ2n) is 6.16. The summed E-state index contributed by atoms with van der Waals surface area (Å²) < 4.78 is 26.7. The third kappa shape index (κ3) is 3.84. The highest BCUT2D eigenvalue weighted by Crippen LogP contribution is 2.48. The van der Waals surface area contributed by atoms with Gasteiger partial charge in [0.25, 0.3) is 0 Å². The van der Waals surface area contributed by atoms with Crippen LogP contribution < -0.4 is 5.32 Å². The van der Waals surface area contributed by atoms with Gasteiger partial charge in [-0.05, 0) is 29.5 Å². The Hall–Kier alpha value is -2.76. The van der Waals surface area contributed by atoms with E-state index in [-0.39, 0.29) is 18.4 Å². The van der Waals surface area contributed by atoms with Gasteiger partial charge in [0.05, 0.1) is 5.92 Å². The van der Waals surface area contributed by atoms with Crippen LogP contribution in [0.25, 0.3) is 0 Å². The molecule has 25 heavy (non-hydrogen) atoms. The Labute approximate surface area is 143 Å². The van der Waals surface area contributed by atoms with Gasteiger partial charge >= 0.3 is 5.97 Å². The van der Waals surface area contributed by atoms with Gasteiger partial charge in [0.15, 0.2) is 0 Å². The molecule has 3 rings (SSSR count). The summed E-state index contributed by atoms with van der Waals surface area (Å²) in [4.78, 5) is 23.6. The molecule has 0 aliphatic heterocycles. The lowest BCUT2D eigenvalue weighted by molar-refractivity contribution is -0.138. The molecule has 2 aromatic carbocycles. The molecule has 130 valence electrons. The lowest BCUT2D eigenvalue weighted by Gasteiger charge is -2.14. The van der Waals surface area contributed by atoms with Crippen molar-refractivity contribution in [2.24, 2.45) is 5.92 Å². The molecular weight excluding hydrogens is 328 g/mol. The highest BCUT2D eigenvalue weighted by Gasteiger charge is 2.45. The normalized spacial score (nSPS) is 19.9. The van der Waals surface area contributed by atoms with E-state index in [1.807, 2.05) is 0 Å². The van der Waals surface area contributed by atoms with Gasteiger partial charge in [0.1, 0.15) is 11.6 Å². The van der Waals surface area contributed by atoms with E-state index in [9.17, 15) is 23.5 Å². The van der Waals surface area contributed by atoms with Crippen molar-refractivity contribution in [2.75, 3.05) is 6.54 Å². The molecule has 4 nitrogen and oxygen atoms in total. The maximum atomic E-state index is 13.8. The van der Waals surface area contributed by atoms with Crippen LogP contribution in [-0.4, -0.2) is 23.5 Å². The third-order valence-electron chi connectivity index (χ3n) is 4.47. The predicted molar refractivity (Wildman–Crippen MR) is 87.0 cm³/mol. The highest BCUT2D eigenvalue weighted by molar-refractivity contribution is 5.84. The van der Waals surface area contributed by atoms with Crippen molar-refractivity contribution in [1.82, 2.24) is 5.32 Å². The van der Waals surface area contributed by atoms with Crippen LogP contribution >= 0.6 is 0 Å². The van der Waals surface area contributed by atoms with Gasteiger partial charge in [-0.3, -0.25) is 9.59 Å². The smallest absolute Gasteiger partial charge is 0.312 e. The lowest BCUT2D eigenvalue weighted by atomic mass is 9.99. The predicted octanol–water partition coefficient (Wildman–Crippen LogP) is 3.05. The van der Waals surface area contributed by atoms with E-state index in [4.69, 9.17) is 0 Å². The minimum Gasteiger partial charge on any atom is -0.481 e. The van der Waals surface area contributed by atoms with Crippen molar-refractivity contribution in [3.05, 3.63) is 71.3 Å². The molecule has 0 radical (unpaired) electrons. The van der Waals surface area contributed by atoms with Crippen molar-refractivity contribution in [3.63, 3.8) is 0 Å². The van der Waals surface area contributed by atoms with Crippen molar-refractivity contribution >= 4 is 11.9 Å². The number of carbonyl (C=O) groups is 2. The highest BCUT2D eigenvalue weighted by atomic mass is 19.1. The zero-order valence-electron chi connectivity index (χ0n) is 13.3. The largest absolute Gasteiger partial charge is 0.481 e. The molecule has 0 spiro atoms. The van der Waals surface area contributed by atoms with E-state index >= 15 is 0 Å². The summed E-state index contributed by atoms with van der Waals surface area (Å²) in [5.74, 6) is -4.20. The van der Waals surface area contributed by atoms with E-state index in [1.54, 1.807) is 30.3 Å². The summed E-state index contributed by atoms with van der Waals surface area (Å²) >= 11 is 0. The lowest BCUT2D eigenvalue weighted by Crippen LogP contribution is -2.33. The molecule has 1 aliphatic rings. The number of nitrogens with one attached hydrogen (secondary N) is 1. The van der Waals surface area contributed by atoms with Crippen LogP contribution in [0.1, 0.15) is 29.4 Å². The van der Waals surface area contributed by atoms with Crippen LogP contribution in [0.2, 0.25) is 0 Å². The van der Waals surface area contributed by atoms with E-state index in [0.29, 0.717) is 17.5 Å². The zero-order valence-corrected chi connectivity index (χ0v) is 13.3. The average Bonchev–Trinajstić information content (AvgIpc) is 3.36. The van der Waals surface area contributed by atoms with Crippen molar-refractivity contribution < 1.29 is 23.5 Å². The van der Waals surface area contributed by atoms with Crippen LogP contribution in [0.4, 0.5) is 8.78 Å². The molecule has 0 aromatic heterocycles. The van der Waals surface area contributed by atoms with Gasteiger partial charge in [-0.2, -0.15) is 0 Å². The van der Waals surface area contributed by atoms with E-state index in [1.165, 1.54) is 12.1 Å². The van der Waals surface area contributed by atoms with Crippen LogP contribution in [0.5, 0.6) is 0 Å². The van der Waals surface area contributed by atoms with Crippen LogP contribution in [0.15, 0.2) is 48.5 Å². The van der Waals surface area contributed by atoms with Crippen molar-refractivity contribution in [2.45, 2.75) is 18.3 Å². The Kier molecular flexibility index (Phi) is 4.79. The van der Waals surface area contributed by atoms with E-state index < -0.39 is 29.4 Å². The van der Waals surface area contributed by atoms with Crippen LogP contribution in [0, 0.1) is 17.6 Å². The number of rotatable bonds is 6. The summed E-state index contributed by atoms with van der Waals surface area (Å²) in [6.07, 6.45) is 0.470. The molecule has 2 aromatic rings. The minimum absolute atomic E-state index is 0.0344. The summed E-state index contributed by atoms with van der Waals surface area (Å²) in [7, 11) is 0. The molecule has 3 unspecified atom stereocenters. The number of carboxylic acids is 1. The van der Waals surface area contributed by atoms with E-state index in [2.05, 4.69) is 5.32 Å². The molecule has 3 atom stereocenters. The average molecular weight is 345 g/mol. The molecule has 1 amide bonds. The molecule has 2 N–H and O–H groups in total. The van der Waals surface area contributed by atoms with Crippen LogP contribution in [-0.2, 0) is 9.59 Å². The number of carboxylic acid groups (broad SMARTS) is 1. The Morgan fingerprint density at radius 3 is 2.52 bits per heavy atom. The Bertz CT molecular complexity index is 795. The molecule has 0 saturated heterocycles. The second-order valence-corrected chi connectivity index (χ2v) is 6.16. The van der Waals surface area contributed by atoms with Gasteiger partial charge in [0.2, 0.25) is 5.91 Å². The van der Waals surface area contributed by atoms with Gasteiger partial charge in [-0.1, -0.05) is 36.4 Å². The Morgan fingerprint density at radius 1 is 1.16 bits per heavy atom. The van der Waals surface area contributed by atoms with Gasteiger partial charge < -0.3 is 10.4 Å². The maximum Gasteiger partial charge on any atom is 0.312 e. The number of carbonyl (C=O) groups excluding carboxylic acids is 1. The first-order valence-corrected chi connectivity index (χ1v) is 7.97. The SMILES string of the molecule is O=C(O)C(CNC(=O)C1CC1c1ccc(F)cc1F)c1ccccc1. The first kappa shape index (κ1) is 17.1. The van der Waals surface area contributed by atoms with Crippen LogP contribution in [0.3, 0.4) is 0 Å². The summed E-state index contributed by atoms with van der Waals surface area (Å²) in [6, 6.07) is 12.0. The van der Waals surface area contributed by atoms with Gasteiger partial charge in [-0.25, -0.2) is 8.78 Å². The maximum absolute atomic E-state index is 13.8. The molecule has 1 aliphatic carbocycles. The summed E-state index contributed by atoms with van der Waals surface area (Å²) in [5.41, 5.74) is 0.923. The number of amides is 1. The monoisotopic (exact) mass is 345 g/mol. The number of hydrogen-bond donors (Lipinski definition) is 2. The Balaban J connectivity index is 1.61. The fourth-order valence-corrected chi connectivity index (χ4v) is 3.00. The molecule has 6 heteroatoms. The first-order chi connectivity index (χ1) is 12.0. The number of aliphatic carboxylic acids is 1.